The van der Waals surface area contributed by atoms with Gasteiger partial charge < -0.3 is 9.47 Å². The second kappa shape index (κ2) is 8.66. The number of aryl methyl sites for hydroxylation is 1. The fraction of sp³-hybridized carbons (Fsp3) is 0.158. The second-order valence-electron chi connectivity index (χ2n) is 5.56. The first-order valence-corrected chi connectivity index (χ1v) is 9.83. The SMILES string of the molecule is Cc1ccc(OCc2nc(CC(=O)Oc3ccc(Cl)cc3Br)cs2)cc1. The standard InChI is InChI=1S/C19H15BrClNO3S/c1-12-2-5-15(6-3-12)24-10-18-22-14(11-26-18)9-19(23)25-17-7-4-13(21)8-16(17)20/h2-8,11H,9-10H2,1H3. The predicted octanol–water partition coefficient (Wildman–Crippen LogP) is 5.59. The first-order chi connectivity index (χ1) is 12.5. The zero-order valence-corrected chi connectivity index (χ0v) is 17.0. The van der Waals surface area contributed by atoms with Gasteiger partial charge in [0.05, 0.1) is 16.6 Å². The molecule has 134 valence electrons. The Bertz CT molecular complexity index is 911. The predicted molar refractivity (Wildman–Crippen MR) is 106 cm³/mol. The van der Waals surface area contributed by atoms with Crippen molar-refractivity contribution in [3.8, 4) is 11.5 Å². The van der Waals surface area contributed by atoms with Crippen molar-refractivity contribution in [1.29, 1.82) is 0 Å². The summed E-state index contributed by atoms with van der Waals surface area (Å²) >= 11 is 10.7. The second-order valence-corrected chi connectivity index (χ2v) is 7.79. The van der Waals surface area contributed by atoms with Crippen molar-refractivity contribution in [2.24, 2.45) is 0 Å². The minimum atomic E-state index is -0.385. The molecule has 0 aliphatic rings. The highest BCUT2D eigenvalue weighted by Crippen LogP contribution is 2.28. The van der Waals surface area contributed by atoms with E-state index in [9.17, 15) is 4.79 Å². The molecule has 0 N–H and O–H groups in total. The van der Waals surface area contributed by atoms with Gasteiger partial charge in [-0.2, -0.15) is 0 Å². The number of carbonyl (C=O) groups is 1. The Balaban J connectivity index is 1.54. The molecule has 4 nitrogen and oxygen atoms in total. The molecule has 0 radical (unpaired) electrons. The lowest BCUT2D eigenvalue weighted by atomic mass is 10.2. The number of hydrogen-bond donors (Lipinski definition) is 0. The van der Waals surface area contributed by atoms with E-state index in [0.717, 1.165) is 10.8 Å². The van der Waals surface area contributed by atoms with Crippen LogP contribution in [-0.2, 0) is 17.8 Å². The summed E-state index contributed by atoms with van der Waals surface area (Å²) in [5.74, 6) is 0.834. The van der Waals surface area contributed by atoms with Crippen LogP contribution in [0.1, 0.15) is 16.3 Å². The molecule has 3 rings (SSSR count). The Hall–Kier alpha value is -1.89. The third kappa shape index (κ3) is 5.30. The molecule has 0 atom stereocenters. The molecular formula is C19H15BrClNO3S. The average Bonchev–Trinajstić information content (AvgIpc) is 3.04. The van der Waals surface area contributed by atoms with E-state index < -0.39 is 0 Å². The Labute approximate surface area is 168 Å². The van der Waals surface area contributed by atoms with Crippen LogP contribution in [0.5, 0.6) is 11.5 Å². The number of halogens is 2. The van der Waals surface area contributed by atoms with E-state index in [1.165, 1.54) is 16.9 Å². The normalized spacial score (nSPS) is 10.6. The maximum atomic E-state index is 12.1. The lowest BCUT2D eigenvalue weighted by molar-refractivity contribution is -0.133. The van der Waals surface area contributed by atoms with Gasteiger partial charge in [-0.1, -0.05) is 29.3 Å². The van der Waals surface area contributed by atoms with E-state index in [1.807, 2.05) is 36.6 Å². The van der Waals surface area contributed by atoms with Crippen molar-refractivity contribution in [2.75, 3.05) is 0 Å². The van der Waals surface area contributed by atoms with Gasteiger partial charge in [0.1, 0.15) is 23.1 Å². The highest BCUT2D eigenvalue weighted by molar-refractivity contribution is 9.10. The first kappa shape index (κ1) is 18.9. The van der Waals surface area contributed by atoms with Gasteiger partial charge in [-0.05, 0) is 53.2 Å². The molecule has 0 bridgehead atoms. The van der Waals surface area contributed by atoms with Gasteiger partial charge in [0.2, 0.25) is 0 Å². The molecule has 7 heteroatoms. The molecule has 0 spiro atoms. The summed E-state index contributed by atoms with van der Waals surface area (Å²) < 4.78 is 11.7. The number of esters is 1. The molecule has 1 heterocycles. The van der Waals surface area contributed by atoms with Gasteiger partial charge in [-0.3, -0.25) is 4.79 Å². The van der Waals surface area contributed by atoms with E-state index >= 15 is 0 Å². The smallest absolute Gasteiger partial charge is 0.317 e. The molecular weight excluding hydrogens is 438 g/mol. The van der Waals surface area contributed by atoms with E-state index in [2.05, 4.69) is 20.9 Å². The van der Waals surface area contributed by atoms with Crippen LogP contribution < -0.4 is 9.47 Å². The van der Waals surface area contributed by atoms with Gasteiger partial charge in [0.15, 0.2) is 0 Å². The topological polar surface area (TPSA) is 48.4 Å². The molecule has 0 unspecified atom stereocenters. The minimum Gasteiger partial charge on any atom is -0.486 e. The van der Waals surface area contributed by atoms with Gasteiger partial charge in [-0.25, -0.2) is 4.98 Å². The molecule has 0 aliphatic carbocycles. The number of rotatable bonds is 6. The largest absolute Gasteiger partial charge is 0.486 e. The van der Waals surface area contributed by atoms with Crippen LogP contribution in [0.4, 0.5) is 0 Å². The maximum absolute atomic E-state index is 12.1. The molecule has 3 aromatic rings. The average molecular weight is 453 g/mol. The van der Waals surface area contributed by atoms with Crippen molar-refractivity contribution in [2.45, 2.75) is 20.0 Å². The number of ether oxygens (including phenoxy) is 2. The molecule has 0 aliphatic heterocycles. The van der Waals surface area contributed by atoms with Gasteiger partial charge in [0, 0.05) is 10.4 Å². The highest BCUT2D eigenvalue weighted by Gasteiger charge is 2.12. The summed E-state index contributed by atoms with van der Waals surface area (Å²) in [4.78, 5) is 16.5. The van der Waals surface area contributed by atoms with Crippen LogP contribution in [-0.4, -0.2) is 11.0 Å². The lowest BCUT2D eigenvalue weighted by Crippen LogP contribution is -2.12. The number of hydrogen-bond acceptors (Lipinski definition) is 5. The number of benzene rings is 2. The lowest BCUT2D eigenvalue weighted by Gasteiger charge is -2.06. The summed E-state index contributed by atoms with van der Waals surface area (Å²) in [6, 6.07) is 12.8. The molecule has 0 saturated carbocycles. The molecule has 1 aromatic heterocycles. The Morgan fingerprint density at radius 3 is 2.73 bits per heavy atom. The van der Waals surface area contributed by atoms with Crippen molar-refractivity contribution < 1.29 is 14.3 Å². The summed E-state index contributed by atoms with van der Waals surface area (Å²) in [6.07, 6.45) is 0.0934. The Morgan fingerprint density at radius 2 is 2.00 bits per heavy atom. The molecule has 26 heavy (non-hydrogen) atoms. The van der Waals surface area contributed by atoms with E-state index in [-0.39, 0.29) is 12.4 Å². The van der Waals surface area contributed by atoms with Crippen molar-refractivity contribution in [3.63, 3.8) is 0 Å². The summed E-state index contributed by atoms with van der Waals surface area (Å²) in [7, 11) is 0. The van der Waals surface area contributed by atoms with Crippen LogP contribution in [0.3, 0.4) is 0 Å². The fourth-order valence-electron chi connectivity index (χ4n) is 2.14. The summed E-state index contributed by atoms with van der Waals surface area (Å²) in [6.45, 7) is 2.39. The Kier molecular flexibility index (Phi) is 6.29. The van der Waals surface area contributed by atoms with Crippen molar-refractivity contribution >= 4 is 44.8 Å². The third-order valence-electron chi connectivity index (χ3n) is 3.43. The van der Waals surface area contributed by atoms with Crippen molar-refractivity contribution in [1.82, 2.24) is 4.98 Å². The minimum absolute atomic E-state index is 0.0934. The van der Waals surface area contributed by atoms with Crippen LogP contribution in [0.25, 0.3) is 0 Å². The summed E-state index contributed by atoms with van der Waals surface area (Å²) in [5.41, 5.74) is 1.84. The number of thiazole rings is 1. The van der Waals surface area contributed by atoms with Gasteiger partial charge in [0.25, 0.3) is 0 Å². The third-order valence-corrected chi connectivity index (χ3v) is 5.15. The van der Waals surface area contributed by atoms with Gasteiger partial charge >= 0.3 is 5.97 Å². The molecule has 0 fully saturated rings. The zero-order chi connectivity index (χ0) is 18.5. The van der Waals surface area contributed by atoms with Crippen LogP contribution in [0.2, 0.25) is 5.02 Å². The number of carbonyl (C=O) groups excluding carboxylic acids is 1. The summed E-state index contributed by atoms with van der Waals surface area (Å²) in [5, 5.41) is 3.21. The molecule has 0 saturated heterocycles. The zero-order valence-electron chi connectivity index (χ0n) is 13.9. The quantitative estimate of drug-likeness (QED) is 0.361. The van der Waals surface area contributed by atoms with E-state index in [4.69, 9.17) is 21.1 Å². The number of nitrogens with zero attached hydrogens (tertiary/aromatic N) is 1. The van der Waals surface area contributed by atoms with Crippen molar-refractivity contribution in [3.05, 3.63) is 73.6 Å². The van der Waals surface area contributed by atoms with Crippen LogP contribution in [0.15, 0.2) is 52.3 Å². The highest BCUT2D eigenvalue weighted by atomic mass is 79.9. The number of aromatic nitrogens is 1. The van der Waals surface area contributed by atoms with E-state index in [1.54, 1.807) is 18.2 Å². The maximum Gasteiger partial charge on any atom is 0.317 e. The molecule has 2 aromatic carbocycles. The molecule has 0 amide bonds. The van der Waals surface area contributed by atoms with E-state index in [0.29, 0.717) is 27.5 Å². The monoisotopic (exact) mass is 451 g/mol. The Morgan fingerprint density at radius 1 is 1.23 bits per heavy atom. The fourth-order valence-corrected chi connectivity index (χ4v) is 3.61. The van der Waals surface area contributed by atoms with Crippen LogP contribution >= 0.6 is 38.9 Å². The van der Waals surface area contributed by atoms with Gasteiger partial charge in [-0.15, -0.1) is 11.3 Å². The first-order valence-electron chi connectivity index (χ1n) is 7.78. The van der Waals surface area contributed by atoms with Crippen LogP contribution in [0, 0.1) is 6.92 Å².